The molecule has 0 aliphatic heterocycles. The third kappa shape index (κ3) is 5.14. The van der Waals surface area contributed by atoms with Gasteiger partial charge < -0.3 is 0 Å². The van der Waals surface area contributed by atoms with Crippen molar-refractivity contribution < 1.29 is 9.13 Å². The van der Waals surface area contributed by atoms with Crippen LogP contribution in [0.15, 0.2) is 18.2 Å². The number of halogens is 1. The summed E-state index contributed by atoms with van der Waals surface area (Å²) >= 11 is -2.75. The fraction of sp³-hybridized carbons (Fsp3) is 0.684. The van der Waals surface area contributed by atoms with Gasteiger partial charge in [-0.25, -0.2) is 0 Å². The van der Waals surface area contributed by atoms with Crippen molar-refractivity contribution in [2.75, 3.05) is 7.11 Å². The van der Waals surface area contributed by atoms with Crippen molar-refractivity contribution in [2.24, 2.45) is 0 Å². The van der Waals surface area contributed by atoms with Crippen LogP contribution < -0.4 is 8.32 Å². The maximum absolute atomic E-state index is 14.8. The Labute approximate surface area is 140 Å². The Morgan fingerprint density at radius 2 is 1.41 bits per heavy atom. The van der Waals surface area contributed by atoms with Gasteiger partial charge in [0.25, 0.3) is 0 Å². The molecular weight excluding hydrogens is 382 g/mol. The Morgan fingerprint density at radius 1 is 0.909 bits per heavy atom. The Kier molecular flexibility index (Phi) is 9.46. The fourth-order valence-corrected chi connectivity index (χ4v) is 20.3. The van der Waals surface area contributed by atoms with Gasteiger partial charge in [0.15, 0.2) is 0 Å². The van der Waals surface area contributed by atoms with Crippen LogP contribution in [0.1, 0.15) is 59.3 Å². The normalized spacial score (nSPS) is 11.7. The average Bonchev–Trinajstić information content (AvgIpc) is 2.54. The fourth-order valence-electron chi connectivity index (χ4n) is 3.48. The molecule has 1 aromatic carbocycles. The Balaban J connectivity index is 3.30. The first-order valence-electron chi connectivity index (χ1n) is 8.98. The van der Waals surface area contributed by atoms with Gasteiger partial charge in [-0.05, 0) is 0 Å². The third-order valence-electron chi connectivity index (χ3n) is 4.75. The first-order chi connectivity index (χ1) is 10.6. The third-order valence-corrected chi connectivity index (χ3v) is 20.4. The molecule has 0 N–H and O–H groups in total. The number of methoxy groups -OCH3 is 1. The molecule has 22 heavy (non-hydrogen) atoms. The van der Waals surface area contributed by atoms with Crippen molar-refractivity contribution in [1.29, 1.82) is 0 Å². The quantitative estimate of drug-likeness (QED) is 0.410. The molecule has 0 aromatic heterocycles. The minimum atomic E-state index is -2.75. The Morgan fingerprint density at radius 3 is 1.82 bits per heavy atom. The molecule has 0 aliphatic rings. The van der Waals surface area contributed by atoms with Gasteiger partial charge in [0.1, 0.15) is 0 Å². The molecule has 3 heteroatoms. The van der Waals surface area contributed by atoms with E-state index in [4.69, 9.17) is 4.74 Å². The van der Waals surface area contributed by atoms with Crippen LogP contribution in [0.3, 0.4) is 0 Å². The molecule has 0 spiro atoms. The predicted molar refractivity (Wildman–Crippen MR) is 97.5 cm³/mol. The van der Waals surface area contributed by atoms with Crippen molar-refractivity contribution in [3.05, 3.63) is 24.0 Å². The minimum absolute atomic E-state index is 0.00143. The van der Waals surface area contributed by atoms with E-state index in [1.807, 2.05) is 6.07 Å². The summed E-state index contributed by atoms with van der Waals surface area (Å²) in [6.07, 6.45) is 7.32. The van der Waals surface area contributed by atoms with Crippen LogP contribution in [0.25, 0.3) is 0 Å². The topological polar surface area (TPSA) is 9.23 Å². The summed E-state index contributed by atoms with van der Waals surface area (Å²) in [6.45, 7) is 6.73. The van der Waals surface area contributed by atoms with E-state index in [2.05, 4.69) is 20.8 Å². The zero-order valence-electron chi connectivity index (χ0n) is 14.9. The molecule has 0 bridgehead atoms. The molecule has 126 valence electrons. The zero-order valence-corrected chi connectivity index (χ0v) is 17.7. The monoisotopic (exact) mass is 416 g/mol. The summed E-state index contributed by atoms with van der Waals surface area (Å²) in [6, 6.07) is 5.40. The van der Waals surface area contributed by atoms with E-state index in [1.54, 1.807) is 19.2 Å². The van der Waals surface area contributed by atoms with Crippen LogP contribution in [0.2, 0.25) is 13.3 Å². The summed E-state index contributed by atoms with van der Waals surface area (Å²) in [5, 5.41) is 0. The molecule has 0 saturated carbocycles. The first-order valence-corrected chi connectivity index (χ1v) is 16.5. The number of ether oxygens (including phenoxy) is 1. The van der Waals surface area contributed by atoms with Crippen LogP contribution in [0.4, 0.5) is 4.39 Å². The molecule has 0 heterocycles. The molecule has 1 nitrogen and oxygen atoms in total. The van der Waals surface area contributed by atoms with Crippen molar-refractivity contribution in [1.82, 2.24) is 0 Å². The van der Waals surface area contributed by atoms with Crippen molar-refractivity contribution in [3.63, 3.8) is 0 Å². The average molecular weight is 415 g/mol. The second-order valence-corrected chi connectivity index (χ2v) is 19.4. The summed E-state index contributed by atoms with van der Waals surface area (Å²) in [5.74, 6) is 0.817. The number of unbranched alkanes of at least 4 members (excludes halogenated alkanes) is 3. The van der Waals surface area contributed by atoms with Gasteiger partial charge in [-0.1, -0.05) is 0 Å². The first kappa shape index (κ1) is 19.8. The maximum atomic E-state index is 14.8. The molecule has 0 fully saturated rings. The molecule has 0 atom stereocenters. The summed E-state index contributed by atoms with van der Waals surface area (Å²) in [5.41, 5.74) is 0. The van der Waals surface area contributed by atoms with Crippen LogP contribution >= 0.6 is 0 Å². The van der Waals surface area contributed by atoms with Crippen LogP contribution in [-0.4, -0.2) is 25.5 Å². The van der Waals surface area contributed by atoms with Gasteiger partial charge in [-0.15, -0.1) is 0 Å². The number of hydrogen-bond donors (Lipinski definition) is 0. The van der Waals surface area contributed by atoms with E-state index < -0.39 is 18.4 Å². The number of benzene rings is 1. The molecule has 0 saturated heterocycles. The van der Waals surface area contributed by atoms with E-state index in [0.29, 0.717) is 0 Å². The SMILES string of the molecule is CCC[CH2][Sn]([CH2]CCC)([CH2]CCC)[c]1c(F)cccc1OC. The molecule has 0 amide bonds. The van der Waals surface area contributed by atoms with E-state index in [9.17, 15) is 4.39 Å². The van der Waals surface area contributed by atoms with E-state index in [-0.39, 0.29) is 5.82 Å². The van der Waals surface area contributed by atoms with Gasteiger partial charge in [-0.2, -0.15) is 0 Å². The predicted octanol–water partition coefficient (Wildman–Crippen LogP) is 5.89. The summed E-state index contributed by atoms with van der Waals surface area (Å²) in [7, 11) is 1.69. The Bertz CT molecular complexity index is 412. The van der Waals surface area contributed by atoms with Crippen molar-refractivity contribution in [2.45, 2.75) is 72.6 Å². The molecule has 1 aromatic rings. The summed E-state index contributed by atoms with van der Waals surface area (Å²) in [4.78, 5) is 0. The van der Waals surface area contributed by atoms with E-state index >= 15 is 0 Å². The van der Waals surface area contributed by atoms with Crippen molar-refractivity contribution >= 4 is 22.0 Å². The molecule has 0 radical (unpaired) electrons. The second-order valence-electron chi connectivity index (χ2n) is 6.41. The molecule has 0 aliphatic carbocycles. The van der Waals surface area contributed by atoms with Gasteiger partial charge >= 0.3 is 141 Å². The van der Waals surface area contributed by atoms with Crippen LogP contribution in [-0.2, 0) is 0 Å². The zero-order chi connectivity index (χ0) is 16.4. The van der Waals surface area contributed by atoms with E-state index in [0.717, 1.165) is 9.33 Å². The van der Waals surface area contributed by atoms with Crippen molar-refractivity contribution in [3.8, 4) is 5.75 Å². The van der Waals surface area contributed by atoms with Crippen LogP contribution in [0.5, 0.6) is 5.75 Å². The van der Waals surface area contributed by atoms with Gasteiger partial charge in [-0.3, -0.25) is 0 Å². The van der Waals surface area contributed by atoms with Gasteiger partial charge in [0.05, 0.1) is 0 Å². The van der Waals surface area contributed by atoms with Gasteiger partial charge in [0, 0.05) is 0 Å². The van der Waals surface area contributed by atoms with Crippen LogP contribution in [0, 0.1) is 5.82 Å². The number of hydrogen-bond acceptors (Lipinski definition) is 1. The summed E-state index contributed by atoms with van der Waals surface area (Å²) < 4.78 is 25.2. The molecular formula is C19H33FOSn. The molecule has 0 unspecified atom stereocenters. The number of rotatable bonds is 11. The van der Waals surface area contributed by atoms with E-state index in [1.165, 1.54) is 51.8 Å². The second kappa shape index (κ2) is 10.5. The standard InChI is InChI=1S/C7H6FO.3C4H9.Sn/c1-9-7-4-2-3-6(8)5-7;3*1-3-4-2;/h2-4H,1H3;3*1,3-4H2,2H3;. The van der Waals surface area contributed by atoms with Gasteiger partial charge in [0.2, 0.25) is 0 Å². The molecule has 1 rings (SSSR count). The Hall–Kier alpha value is -0.251.